The Morgan fingerprint density at radius 1 is 1.39 bits per heavy atom. The van der Waals surface area contributed by atoms with Crippen LogP contribution in [0.25, 0.3) is 0 Å². The molecule has 2 amide bonds. The molecule has 2 N–H and O–H groups in total. The number of carbonyl (C=O) groups excluding carboxylic acids is 2. The van der Waals surface area contributed by atoms with Crippen molar-refractivity contribution in [2.45, 2.75) is 59.3 Å². The van der Waals surface area contributed by atoms with E-state index in [0.29, 0.717) is 30.1 Å². The van der Waals surface area contributed by atoms with E-state index < -0.39 is 11.7 Å². The number of ether oxygens (including phenoxy) is 2. The fourth-order valence-corrected chi connectivity index (χ4v) is 3.13. The van der Waals surface area contributed by atoms with Crippen LogP contribution in [-0.4, -0.2) is 59.7 Å². The zero-order valence-corrected chi connectivity index (χ0v) is 18.0. The molecule has 0 aromatic heterocycles. The fourth-order valence-electron chi connectivity index (χ4n) is 3.13. The number of likely N-dealkylation sites (N-methyl/N-ethyl adjacent to an activating group) is 1. The van der Waals surface area contributed by atoms with Crippen molar-refractivity contribution in [1.29, 1.82) is 0 Å². The molecule has 156 valence electrons. The van der Waals surface area contributed by atoms with Crippen molar-refractivity contribution in [2.75, 3.05) is 25.9 Å². The lowest BCUT2D eigenvalue weighted by molar-refractivity contribution is 0.0131. The number of hydrogen-bond acceptors (Lipinski definition) is 5. The van der Waals surface area contributed by atoms with Crippen LogP contribution in [0.3, 0.4) is 0 Å². The Morgan fingerprint density at radius 2 is 2.04 bits per heavy atom. The molecule has 0 fully saturated rings. The molecule has 0 radical (unpaired) electrons. The minimum Gasteiger partial charge on any atom is -0.485 e. The predicted octanol–water partition coefficient (Wildman–Crippen LogP) is 3.38. The van der Waals surface area contributed by atoms with E-state index in [-0.39, 0.29) is 24.0 Å². The number of anilines is 1. The molecular weight excluding hydrogens is 358 g/mol. The molecule has 2 atom stereocenters. The van der Waals surface area contributed by atoms with Crippen LogP contribution in [-0.2, 0) is 4.74 Å². The van der Waals surface area contributed by atoms with Crippen molar-refractivity contribution in [1.82, 2.24) is 9.80 Å². The van der Waals surface area contributed by atoms with Gasteiger partial charge in [-0.3, -0.25) is 4.79 Å². The van der Waals surface area contributed by atoms with Gasteiger partial charge in [-0.1, -0.05) is 13.0 Å². The molecule has 0 saturated heterocycles. The van der Waals surface area contributed by atoms with Crippen LogP contribution in [0.4, 0.5) is 10.5 Å². The summed E-state index contributed by atoms with van der Waals surface area (Å²) in [6, 6.07) is 5.23. The van der Waals surface area contributed by atoms with E-state index in [9.17, 15) is 9.59 Å². The molecule has 1 aliphatic heterocycles. The summed E-state index contributed by atoms with van der Waals surface area (Å²) < 4.78 is 11.7. The Morgan fingerprint density at radius 3 is 2.61 bits per heavy atom. The van der Waals surface area contributed by atoms with Crippen molar-refractivity contribution < 1.29 is 19.1 Å². The van der Waals surface area contributed by atoms with Crippen LogP contribution >= 0.6 is 0 Å². The lowest BCUT2D eigenvalue weighted by Crippen LogP contribution is -2.49. The highest BCUT2D eigenvalue weighted by Gasteiger charge is 2.34. The van der Waals surface area contributed by atoms with E-state index in [1.165, 1.54) is 4.90 Å². The van der Waals surface area contributed by atoms with Crippen LogP contribution in [0, 0.1) is 5.92 Å². The number of fused-ring (bicyclic) bond motifs is 1. The second-order valence-electron chi connectivity index (χ2n) is 8.77. The van der Waals surface area contributed by atoms with E-state index in [2.05, 4.69) is 0 Å². The highest BCUT2D eigenvalue weighted by Crippen LogP contribution is 2.33. The summed E-state index contributed by atoms with van der Waals surface area (Å²) in [5.41, 5.74) is 6.41. The molecular formula is C21H33N3O4. The lowest BCUT2D eigenvalue weighted by Gasteiger charge is -2.38. The molecule has 0 aliphatic carbocycles. The summed E-state index contributed by atoms with van der Waals surface area (Å²) in [4.78, 5) is 28.8. The topological polar surface area (TPSA) is 85.1 Å². The normalized spacial score (nSPS) is 20.1. The van der Waals surface area contributed by atoms with Gasteiger partial charge in [-0.25, -0.2) is 4.79 Å². The number of hydrogen-bond donors (Lipinski definition) is 1. The molecule has 1 aliphatic rings. The molecule has 0 unspecified atom stereocenters. The highest BCUT2D eigenvalue weighted by molar-refractivity contribution is 5.99. The number of amides is 2. The molecule has 28 heavy (non-hydrogen) atoms. The SMILES string of the molecule is CC(C)N1C[C@@H](C)[C@H](CN(C)C(=O)OC(C)(C)C)Oc2c(N)cccc2C1=O. The van der Waals surface area contributed by atoms with Gasteiger partial charge in [0.1, 0.15) is 11.7 Å². The molecule has 1 aromatic carbocycles. The third-order valence-electron chi connectivity index (χ3n) is 4.71. The summed E-state index contributed by atoms with van der Waals surface area (Å²) >= 11 is 0. The summed E-state index contributed by atoms with van der Waals surface area (Å²) in [5, 5.41) is 0. The Labute approximate surface area is 167 Å². The average Bonchev–Trinajstić information content (AvgIpc) is 2.56. The first-order valence-electron chi connectivity index (χ1n) is 9.71. The van der Waals surface area contributed by atoms with Gasteiger partial charge in [-0.15, -0.1) is 0 Å². The standard InChI is InChI=1S/C21H33N3O4/c1-13(2)24-11-14(3)17(12-23(7)20(26)28-21(4,5)6)27-18-15(19(24)25)9-8-10-16(18)22/h8-10,13-14,17H,11-12,22H2,1-7H3/t14-,17+/m1/s1. The van der Waals surface area contributed by atoms with Crippen LogP contribution in [0.2, 0.25) is 0 Å². The molecule has 1 heterocycles. The van der Waals surface area contributed by atoms with Gasteiger partial charge in [-0.05, 0) is 46.8 Å². The second-order valence-corrected chi connectivity index (χ2v) is 8.77. The largest absolute Gasteiger partial charge is 0.485 e. The van der Waals surface area contributed by atoms with Gasteiger partial charge in [0, 0.05) is 25.6 Å². The number of nitrogens with two attached hydrogens (primary N) is 1. The zero-order valence-electron chi connectivity index (χ0n) is 18.0. The van der Waals surface area contributed by atoms with Crippen molar-refractivity contribution in [3.05, 3.63) is 23.8 Å². The van der Waals surface area contributed by atoms with Crippen molar-refractivity contribution >= 4 is 17.7 Å². The van der Waals surface area contributed by atoms with Crippen LogP contribution in [0.1, 0.15) is 51.9 Å². The summed E-state index contributed by atoms with van der Waals surface area (Å²) in [7, 11) is 1.68. The first-order valence-corrected chi connectivity index (χ1v) is 9.71. The maximum Gasteiger partial charge on any atom is 0.410 e. The molecule has 2 rings (SSSR count). The van der Waals surface area contributed by atoms with E-state index in [1.807, 2.05) is 46.4 Å². The van der Waals surface area contributed by atoms with E-state index in [4.69, 9.17) is 15.2 Å². The van der Waals surface area contributed by atoms with Crippen molar-refractivity contribution in [3.8, 4) is 5.75 Å². The third-order valence-corrected chi connectivity index (χ3v) is 4.71. The highest BCUT2D eigenvalue weighted by atomic mass is 16.6. The van der Waals surface area contributed by atoms with E-state index >= 15 is 0 Å². The van der Waals surface area contributed by atoms with E-state index in [1.54, 1.807) is 25.2 Å². The predicted molar refractivity (Wildman–Crippen MR) is 109 cm³/mol. The minimum absolute atomic E-state index is 0.0102. The molecule has 7 nitrogen and oxygen atoms in total. The van der Waals surface area contributed by atoms with Gasteiger partial charge in [0.25, 0.3) is 5.91 Å². The maximum absolute atomic E-state index is 13.0. The Hall–Kier alpha value is -2.44. The van der Waals surface area contributed by atoms with Gasteiger partial charge in [-0.2, -0.15) is 0 Å². The van der Waals surface area contributed by atoms with Crippen LogP contribution in [0.15, 0.2) is 18.2 Å². The second kappa shape index (κ2) is 8.29. The Kier molecular flexibility index (Phi) is 6.47. The number of rotatable bonds is 3. The van der Waals surface area contributed by atoms with Crippen LogP contribution in [0.5, 0.6) is 5.75 Å². The van der Waals surface area contributed by atoms with Gasteiger partial charge in [0.05, 0.1) is 17.8 Å². The third kappa shape index (κ3) is 5.09. The first-order chi connectivity index (χ1) is 12.9. The molecule has 7 heteroatoms. The van der Waals surface area contributed by atoms with E-state index in [0.717, 1.165) is 0 Å². The number of nitrogen functional groups attached to an aromatic ring is 1. The number of nitrogens with zero attached hydrogens (tertiary/aromatic N) is 2. The van der Waals surface area contributed by atoms with Gasteiger partial charge < -0.3 is 25.0 Å². The molecule has 0 saturated carbocycles. The molecule has 0 spiro atoms. The average molecular weight is 392 g/mol. The number of carbonyl (C=O) groups is 2. The van der Waals surface area contributed by atoms with Crippen molar-refractivity contribution in [2.24, 2.45) is 5.92 Å². The quantitative estimate of drug-likeness (QED) is 0.799. The molecule has 0 bridgehead atoms. The maximum atomic E-state index is 13.0. The van der Waals surface area contributed by atoms with Crippen LogP contribution < -0.4 is 10.5 Å². The summed E-state index contributed by atoms with van der Waals surface area (Å²) in [6.07, 6.45) is -0.751. The van der Waals surface area contributed by atoms with Crippen molar-refractivity contribution in [3.63, 3.8) is 0 Å². The summed E-state index contributed by atoms with van der Waals surface area (Å²) in [5.74, 6) is 0.277. The van der Waals surface area contributed by atoms with Gasteiger partial charge in [0.2, 0.25) is 0 Å². The Bertz CT molecular complexity index is 727. The monoisotopic (exact) mass is 391 g/mol. The number of para-hydroxylation sites is 1. The Balaban J connectivity index is 2.33. The van der Waals surface area contributed by atoms with Gasteiger partial charge >= 0.3 is 6.09 Å². The minimum atomic E-state index is -0.573. The zero-order chi connectivity index (χ0) is 21.2. The smallest absolute Gasteiger partial charge is 0.410 e. The fraction of sp³-hybridized carbons (Fsp3) is 0.619. The first kappa shape index (κ1) is 21.9. The summed E-state index contributed by atoms with van der Waals surface area (Å²) in [6.45, 7) is 12.3. The lowest BCUT2D eigenvalue weighted by atomic mass is 9.99. The molecule has 1 aromatic rings. The van der Waals surface area contributed by atoms with Gasteiger partial charge in [0.15, 0.2) is 5.75 Å². The number of benzene rings is 1.